The molecule has 5 heteroatoms. The molecule has 1 aromatic rings. The summed E-state index contributed by atoms with van der Waals surface area (Å²) in [4.78, 5) is 14.7. The number of aliphatic imine (C=N–C) groups is 1. The predicted molar refractivity (Wildman–Crippen MR) is 96.1 cm³/mol. The molecular formula is C19H25NO4. The molecular weight excluding hydrogens is 306 g/mol. The van der Waals surface area contributed by atoms with Crippen molar-refractivity contribution < 1.29 is 20.1 Å². The highest BCUT2D eigenvalue weighted by Gasteiger charge is 2.14. The number of carboxylic acid groups (broad SMARTS) is 1. The number of hydrogen-bond donors (Lipinski definition) is 3. The van der Waals surface area contributed by atoms with E-state index in [0.29, 0.717) is 42.5 Å². The number of benzene rings is 1. The van der Waals surface area contributed by atoms with Gasteiger partial charge >= 0.3 is 5.97 Å². The first kappa shape index (κ1) is 19.5. The maximum Gasteiger partial charge on any atom is 0.303 e. The van der Waals surface area contributed by atoms with Gasteiger partial charge in [-0.1, -0.05) is 18.6 Å². The van der Waals surface area contributed by atoms with Crippen molar-refractivity contribution in [2.75, 3.05) is 6.54 Å². The fourth-order valence-electron chi connectivity index (χ4n) is 2.40. The number of carbonyl (C=O) groups is 1. The first-order chi connectivity index (χ1) is 11.5. The fourth-order valence-corrected chi connectivity index (χ4v) is 2.40. The summed E-state index contributed by atoms with van der Waals surface area (Å²) in [5.74, 6) is -0.585. The van der Waals surface area contributed by atoms with Gasteiger partial charge in [0.15, 0.2) is 0 Å². The van der Waals surface area contributed by atoms with Crippen LogP contribution in [0.2, 0.25) is 0 Å². The van der Waals surface area contributed by atoms with Crippen LogP contribution < -0.4 is 0 Å². The molecule has 0 aliphatic carbocycles. The highest BCUT2D eigenvalue weighted by Crippen LogP contribution is 2.33. The molecule has 1 rings (SSSR count). The third-order valence-electron chi connectivity index (χ3n) is 3.62. The second kappa shape index (κ2) is 10.3. The number of aliphatic carboxylic acids is 1. The molecule has 0 aliphatic heterocycles. The number of hydrogen-bond acceptors (Lipinski definition) is 4. The van der Waals surface area contributed by atoms with Gasteiger partial charge in [-0.3, -0.25) is 9.79 Å². The van der Waals surface area contributed by atoms with Crippen LogP contribution in [0.1, 0.15) is 42.4 Å². The van der Waals surface area contributed by atoms with Crippen LogP contribution in [0, 0.1) is 0 Å². The van der Waals surface area contributed by atoms with E-state index in [4.69, 9.17) is 5.11 Å². The van der Waals surface area contributed by atoms with E-state index in [9.17, 15) is 15.0 Å². The molecule has 0 amide bonds. The lowest BCUT2D eigenvalue weighted by Crippen LogP contribution is -1.98. The number of nitrogens with zero attached hydrogens (tertiary/aromatic N) is 1. The Hall–Kier alpha value is -2.56. The average molecular weight is 331 g/mol. The van der Waals surface area contributed by atoms with Gasteiger partial charge in [0.05, 0.1) is 0 Å². The Morgan fingerprint density at radius 2 is 1.83 bits per heavy atom. The molecule has 0 aliphatic rings. The Morgan fingerprint density at radius 3 is 2.46 bits per heavy atom. The minimum Gasteiger partial charge on any atom is -0.508 e. The summed E-state index contributed by atoms with van der Waals surface area (Å²) in [7, 11) is 0. The van der Waals surface area contributed by atoms with Crippen molar-refractivity contribution in [2.24, 2.45) is 4.99 Å². The second-order valence-corrected chi connectivity index (χ2v) is 5.52. The third-order valence-corrected chi connectivity index (χ3v) is 3.62. The van der Waals surface area contributed by atoms with Gasteiger partial charge < -0.3 is 15.3 Å². The van der Waals surface area contributed by atoms with Gasteiger partial charge in [0.25, 0.3) is 0 Å². The van der Waals surface area contributed by atoms with E-state index in [2.05, 4.69) is 18.2 Å². The lowest BCUT2D eigenvalue weighted by Gasteiger charge is -2.12. The zero-order valence-corrected chi connectivity index (χ0v) is 13.9. The van der Waals surface area contributed by atoms with Crippen LogP contribution in [0.5, 0.6) is 11.5 Å². The van der Waals surface area contributed by atoms with E-state index >= 15 is 0 Å². The molecule has 1 aromatic carbocycles. The van der Waals surface area contributed by atoms with Crippen molar-refractivity contribution in [3.05, 3.63) is 48.1 Å². The Labute approximate surface area is 142 Å². The molecule has 24 heavy (non-hydrogen) atoms. The van der Waals surface area contributed by atoms with Crippen molar-refractivity contribution in [3.8, 4) is 11.5 Å². The van der Waals surface area contributed by atoms with E-state index in [-0.39, 0.29) is 17.9 Å². The van der Waals surface area contributed by atoms with Crippen LogP contribution in [0.25, 0.3) is 0 Å². The van der Waals surface area contributed by atoms with Crippen LogP contribution in [0.4, 0.5) is 0 Å². The van der Waals surface area contributed by atoms with Gasteiger partial charge in [-0.2, -0.15) is 0 Å². The number of rotatable bonds is 11. The SMILES string of the molecule is C=CCc1cc(O)c(CC=C)c(C=NCCCCCC(=O)O)c1O. The average Bonchev–Trinajstić information content (AvgIpc) is 2.53. The molecule has 0 radical (unpaired) electrons. The third kappa shape index (κ3) is 5.91. The number of phenols is 2. The van der Waals surface area contributed by atoms with Crippen LogP contribution in [-0.2, 0) is 17.6 Å². The normalized spacial score (nSPS) is 10.8. The maximum absolute atomic E-state index is 10.4. The molecule has 0 unspecified atom stereocenters. The Bertz CT molecular complexity index is 620. The second-order valence-electron chi connectivity index (χ2n) is 5.52. The fraction of sp³-hybridized carbons (Fsp3) is 0.368. The van der Waals surface area contributed by atoms with Crippen LogP contribution in [-0.4, -0.2) is 34.0 Å². The number of allylic oxidation sites excluding steroid dienone is 2. The number of aromatic hydroxyl groups is 2. The number of carboxylic acids is 1. The van der Waals surface area contributed by atoms with Gasteiger partial charge in [-0.25, -0.2) is 0 Å². The highest BCUT2D eigenvalue weighted by molar-refractivity contribution is 5.87. The first-order valence-corrected chi connectivity index (χ1v) is 8.01. The number of phenolic OH excluding ortho intramolecular Hbond substituents is 2. The molecule has 0 atom stereocenters. The van der Waals surface area contributed by atoms with Gasteiger partial charge in [-0.05, 0) is 31.7 Å². The van der Waals surface area contributed by atoms with Crippen LogP contribution in [0.15, 0.2) is 36.4 Å². The molecule has 130 valence electrons. The summed E-state index contributed by atoms with van der Waals surface area (Å²) in [5.41, 5.74) is 1.68. The maximum atomic E-state index is 10.4. The largest absolute Gasteiger partial charge is 0.508 e. The highest BCUT2D eigenvalue weighted by atomic mass is 16.4. The Balaban J connectivity index is 2.83. The topological polar surface area (TPSA) is 90.1 Å². The molecule has 0 heterocycles. The van der Waals surface area contributed by atoms with Crippen LogP contribution in [0.3, 0.4) is 0 Å². The first-order valence-electron chi connectivity index (χ1n) is 8.01. The van der Waals surface area contributed by atoms with Gasteiger partial charge in [-0.15, -0.1) is 13.2 Å². The van der Waals surface area contributed by atoms with Gasteiger partial charge in [0.1, 0.15) is 11.5 Å². The van der Waals surface area contributed by atoms with E-state index in [1.807, 2.05) is 0 Å². The zero-order valence-electron chi connectivity index (χ0n) is 13.9. The molecule has 0 saturated heterocycles. The van der Waals surface area contributed by atoms with Gasteiger partial charge in [0, 0.05) is 35.9 Å². The lowest BCUT2D eigenvalue weighted by molar-refractivity contribution is -0.137. The van der Waals surface area contributed by atoms with E-state index < -0.39 is 5.97 Å². The molecule has 3 N–H and O–H groups in total. The van der Waals surface area contributed by atoms with Gasteiger partial charge in [0.2, 0.25) is 0 Å². The molecule has 0 spiro atoms. The summed E-state index contributed by atoms with van der Waals surface area (Å²) in [6, 6.07) is 1.54. The monoisotopic (exact) mass is 331 g/mol. The van der Waals surface area contributed by atoms with Crippen molar-refractivity contribution in [1.82, 2.24) is 0 Å². The van der Waals surface area contributed by atoms with E-state index in [0.717, 1.165) is 12.8 Å². The summed E-state index contributed by atoms with van der Waals surface area (Å²) in [5, 5.41) is 29.1. The van der Waals surface area contributed by atoms with E-state index in [1.165, 1.54) is 0 Å². The predicted octanol–water partition coefficient (Wildman–Crippen LogP) is 3.62. The van der Waals surface area contributed by atoms with Crippen molar-refractivity contribution in [2.45, 2.75) is 38.5 Å². The van der Waals surface area contributed by atoms with Crippen molar-refractivity contribution in [1.29, 1.82) is 0 Å². The molecule has 0 bridgehead atoms. The minimum atomic E-state index is -0.785. The lowest BCUT2D eigenvalue weighted by atomic mass is 9.97. The quantitative estimate of drug-likeness (QED) is 0.250. The summed E-state index contributed by atoms with van der Waals surface area (Å²) in [6.07, 6.45) is 8.13. The molecule has 0 aromatic heterocycles. The van der Waals surface area contributed by atoms with Crippen molar-refractivity contribution >= 4 is 12.2 Å². The van der Waals surface area contributed by atoms with Crippen molar-refractivity contribution in [3.63, 3.8) is 0 Å². The summed E-state index contributed by atoms with van der Waals surface area (Å²) in [6.45, 7) is 7.86. The Morgan fingerprint density at radius 1 is 1.12 bits per heavy atom. The van der Waals surface area contributed by atoms with Crippen LogP contribution >= 0.6 is 0 Å². The zero-order chi connectivity index (χ0) is 17.9. The summed E-state index contributed by atoms with van der Waals surface area (Å²) < 4.78 is 0. The minimum absolute atomic E-state index is 0.0965. The summed E-state index contributed by atoms with van der Waals surface area (Å²) >= 11 is 0. The number of unbranched alkanes of at least 4 members (excludes halogenated alkanes) is 2. The molecule has 0 saturated carbocycles. The Kier molecular flexibility index (Phi) is 8.33. The van der Waals surface area contributed by atoms with E-state index in [1.54, 1.807) is 24.4 Å². The standard InChI is InChI=1S/C19H25NO4/c1-3-8-14-12-17(21)15(9-4-2)16(19(14)24)13-20-11-7-5-6-10-18(22)23/h3-4,12-13,21,24H,1-2,5-11H2,(H,22,23). The molecule has 0 fully saturated rings. The smallest absolute Gasteiger partial charge is 0.303 e. The molecule has 5 nitrogen and oxygen atoms in total.